The quantitative estimate of drug-likeness (QED) is 0.688. The molecule has 0 amide bonds. The van der Waals surface area contributed by atoms with Gasteiger partial charge in [-0.3, -0.25) is 5.10 Å². The Labute approximate surface area is 99.7 Å². The molecule has 3 aromatic rings. The number of nitrogens with zero attached hydrogens (tertiary/aromatic N) is 3. The van der Waals surface area contributed by atoms with E-state index >= 15 is 0 Å². The molecule has 5 nitrogen and oxygen atoms in total. The topological polar surface area (TPSA) is 80.5 Å². The Kier molecular flexibility index (Phi) is 2.19. The van der Waals surface area contributed by atoms with Gasteiger partial charge in [-0.2, -0.15) is 5.10 Å². The lowest BCUT2D eigenvalue weighted by Crippen LogP contribution is -2.00. The zero-order valence-corrected chi connectivity index (χ0v) is 8.98. The number of anilines is 1. The van der Waals surface area contributed by atoms with E-state index in [-0.39, 0.29) is 11.5 Å². The molecular formula is C11H7F2N5. The van der Waals surface area contributed by atoms with Gasteiger partial charge in [-0.25, -0.2) is 18.7 Å². The normalized spacial score (nSPS) is 11.0. The van der Waals surface area contributed by atoms with Gasteiger partial charge in [0, 0.05) is 17.6 Å². The molecule has 3 heterocycles. The minimum atomic E-state index is -0.891. The first kappa shape index (κ1) is 10.6. The van der Waals surface area contributed by atoms with Gasteiger partial charge < -0.3 is 5.73 Å². The van der Waals surface area contributed by atoms with E-state index in [1.165, 1.54) is 0 Å². The number of nitrogen functional groups attached to an aromatic ring is 1. The van der Waals surface area contributed by atoms with Crippen LogP contribution in [0.3, 0.4) is 0 Å². The third kappa shape index (κ3) is 1.48. The number of nitrogens with two attached hydrogens (primary N) is 1. The second kappa shape index (κ2) is 3.73. The summed E-state index contributed by atoms with van der Waals surface area (Å²) in [6, 6.07) is 4.09. The van der Waals surface area contributed by atoms with Crippen molar-refractivity contribution in [3.63, 3.8) is 0 Å². The Morgan fingerprint density at radius 2 is 2.06 bits per heavy atom. The van der Waals surface area contributed by atoms with Crippen molar-refractivity contribution in [1.82, 2.24) is 20.2 Å². The van der Waals surface area contributed by atoms with Crippen LogP contribution in [0.25, 0.3) is 22.4 Å². The minimum absolute atomic E-state index is 0.0793. The predicted octanol–water partition coefficient (Wildman–Crippen LogP) is 1.88. The zero-order chi connectivity index (χ0) is 12.7. The minimum Gasteiger partial charge on any atom is -0.381 e. The van der Waals surface area contributed by atoms with Crippen LogP contribution >= 0.6 is 0 Å². The average molecular weight is 247 g/mol. The van der Waals surface area contributed by atoms with Crippen LogP contribution in [0.5, 0.6) is 0 Å². The molecule has 90 valence electrons. The first-order valence-electron chi connectivity index (χ1n) is 5.08. The fourth-order valence-corrected chi connectivity index (χ4v) is 1.69. The van der Waals surface area contributed by atoms with Crippen molar-refractivity contribution in [3.05, 3.63) is 36.0 Å². The molecule has 0 aliphatic heterocycles. The van der Waals surface area contributed by atoms with Crippen molar-refractivity contribution >= 4 is 16.9 Å². The highest BCUT2D eigenvalue weighted by atomic mass is 19.1. The van der Waals surface area contributed by atoms with Gasteiger partial charge in [0.05, 0.1) is 5.69 Å². The number of nitrogens with one attached hydrogen (secondary N) is 1. The zero-order valence-electron chi connectivity index (χ0n) is 8.98. The number of halogens is 2. The maximum Gasteiger partial charge on any atom is 0.181 e. The smallest absolute Gasteiger partial charge is 0.181 e. The molecule has 0 aromatic carbocycles. The fraction of sp³-hybridized carbons (Fsp3) is 0. The summed E-state index contributed by atoms with van der Waals surface area (Å²) >= 11 is 0. The molecule has 0 saturated carbocycles. The second-order valence-corrected chi connectivity index (χ2v) is 3.66. The Morgan fingerprint density at radius 3 is 2.89 bits per heavy atom. The number of hydrogen-bond acceptors (Lipinski definition) is 4. The lowest BCUT2D eigenvalue weighted by molar-refractivity contribution is 0.580. The van der Waals surface area contributed by atoms with Crippen molar-refractivity contribution < 1.29 is 8.78 Å². The molecule has 0 saturated heterocycles. The number of fused-ring (bicyclic) bond motifs is 1. The number of H-pyrrole nitrogens is 1. The van der Waals surface area contributed by atoms with E-state index < -0.39 is 11.6 Å². The molecule has 0 bridgehead atoms. The van der Waals surface area contributed by atoms with Crippen LogP contribution in [0, 0.1) is 11.6 Å². The number of rotatable bonds is 1. The maximum absolute atomic E-state index is 13.7. The first-order chi connectivity index (χ1) is 8.66. The molecule has 3 rings (SSSR count). The monoisotopic (exact) mass is 247 g/mol. The number of hydrogen-bond donors (Lipinski definition) is 2. The van der Waals surface area contributed by atoms with Gasteiger partial charge in [-0.05, 0) is 12.1 Å². The average Bonchev–Trinajstić information content (AvgIpc) is 2.78. The molecule has 0 aliphatic rings. The Balaban J connectivity index is 2.29. The molecule has 18 heavy (non-hydrogen) atoms. The van der Waals surface area contributed by atoms with E-state index in [1.807, 2.05) is 0 Å². The van der Waals surface area contributed by atoms with Crippen LogP contribution in [0.15, 0.2) is 24.4 Å². The molecule has 0 radical (unpaired) electrons. The summed E-state index contributed by atoms with van der Waals surface area (Å²) in [5.41, 5.74) is 6.01. The van der Waals surface area contributed by atoms with Crippen molar-refractivity contribution in [1.29, 1.82) is 0 Å². The van der Waals surface area contributed by atoms with Crippen molar-refractivity contribution in [2.24, 2.45) is 0 Å². The van der Waals surface area contributed by atoms with Gasteiger partial charge in [0.15, 0.2) is 23.1 Å². The van der Waals surface area contributed by atoms with E-state index in [0.717, 1.165) is 0 Å². The van der Waals surface area contributed by atoms with E-state index in [1.54, 1.807) is 18.3 Å². The van der Waals surface area contributed by atoms with Gasteiger partial charge in [-0.1, -0.05) is 0 Å². The van der Waals surface area contributed by atoms with Crippen LogP contribution in [0.1, 0.15) is 0 Å². The van der Waals surface area contributed by atoms with Crippen LogP contribution < -0.4 is 5.73 Å². The van der Waals surface area contributed by atoms with Crippen molar-refractivity contribution in [2.45, 2.75) is 0 Å². The van der Waals surface area contributed by atoms with E-state index in [2.05, 4.69) is 20.2 Å². The van der Waals surface area contributed by atoms with Gasteiger partial charge in [0.25, 0.3) is 0 Å². The van der Waals surface area contributed by atoms with Crippen molar-refractivity contribution in [2.75, 3.05) is 5.73 Å². The van der Waals surface area contributed by atoms with Gasteiger partial charge in [0.2, 0.25) is 0 Å². The summed E-state index contributed by atoms with van der Waals surface area (Å²) in [5.74, 6) is -2.06. The first-order valence-corrected chi connectivity index (χ1v) is 5.08. The predicted molar refractivity (Wildman–Crippen MR) is 61.4 cm³/mol. The summed E-state index contributed by atoms with van der Waals surface area (Å²) in [7, 11) is 0. The van der Waals surface area contributed by atoms with Crippen LogP contribution in [0.4, 0.5) is 14.6 Å². The van der Waals surface area contributed by atoms with Crippen LogP contribution in [-0.2, 0) is 0 Å². The number of aromatic nitrogens is 4. The third-order valence-corrected chi connectivity index (χ3v) is 2.52. The van der Waals surface area contributed by atoms with Gasteiger partial charge in [0.1, 0.15) is 5.69 Å². The lowest BCUT2D eigenvalue weighted by atomic mass is 10.2. The molecule has 3 N–H and O–H groups in total. The molecular weight excluding hydrogens is 240 g/mol. The summed E-state index contributed by atoms with van der Waals surface area (Å²) in [5, 5.41) is 7.13. The summed E-state index contributed by atoms with van der Waals surface area (Å²) in [4.78, 5) is 7.69. The number of aromatic amines is 1. The maximum atomic E-state index is 13.7. The van der Waals surface area contributed by atoms with Crippen LogP contribution in [-0.4, -0.2) is 20.2 Å². The van der Waals surface area contributed by atoms with Crippen molar-refractivity contribution in [3.8, 4) is 11.4 Å². The van der Waals surface area contributed by atoms with E-state index in [9.17, 15) is 8.78 Å². The SMILES string of the molecule is Nc1nc(-c2[nH]nc3ncccc23)c(F)cc1F. The van der Waals surface area contributed by atoms with Crippen LogP contribution in [0.2, 0.25) is 0 Å². The molecule has 0 unspecified atom stereocenters. The fourth-order valence-electron chi connectivity index (χ4n) is 1.69. The highest BCUT2D eigenvalue weighted by Crippen LogP contribution is 2.27. The molecule has 0 spiro atoms. The standard InChI is InChI=1S/C11H7F2N5/c12-6-4-7(13)10(14)16-9(6)8-5-2-1-3-15-11(5)18-17-8/h1-4H,(H2,14,16)(H,15,17,18). The molecule has 7 heteroatoms. The highest BCUT2D eigenvalue weighted by Gasteiger charge is 2.16. The van der Waals surface area contributed by atoms with Gasteiger partial charge >= 0.3 is 0 Å². The molecule has 3 aromatic heterocycles. The summed E-state index contributed by atoms with van der Waals surface area (Å²) in [6.45, 7) is 0. The molecule has 0 atom stereocenters. The molecule has 0 aliphatic carbocycles. The molecule has 0 fully saturated rings. The Bertz CT molecular complexity index is 737. The third-order valence-electron chi connectivity index (χ3n) is 2.52. The van der Waals surface area contributed by atoms with E-state index in [0.29, 0.717) is 22.8 Å². The van der Waals surface area contributed by atoms with E-state index in [4.69, 9.17) is 5.73 Å². The summed E-state index contributed by atoms with van der Waals surface area (Å²) in [6.07, 6.45) is 1.57. The largest absolute Gasteiger partial charge is 0.381 e. The van der Waals surface area contributed by atoms with Gasteiger partial charge in [-0.15, -0.1) is 0 Å². The second-order valence-electron chi connectivity index (χ2n) is 3.66. The number of pyridine rings is 2. The lowest BCUT2D eigenvalue weighted by Gasteiger charge is -2.02. The summed E-state index contributed by atoms with van der Waals surface area (Å²) < 4.78 is 26.7. The Hall–Kier alpha value is -2.57. The Morgan fingerprint density at radius 1 is 1.22 bits per heavy atom. The highest BCUT2D eigenvalue weighted by molar-refractivity contribution is 5.89.